The maximum Gasteiger partial charge on any atom is 0.312 e. The number of Topliss-reactive ketones (excluding diaryl/α,β-unsaturated/α-hetero) is 1. The number of amides is 3. The molecule has 31 heavy (non-hydrogen) atoms. The fraction of sp³-hybridized carbons (Fsp3) is 0.125. The van der Waals surface area contributed by atoms with Crippen LogP contribution >= 0.6 is 0 Å². The number of nitrogens with two attached hydrogens (primary N) is 1. The molecule has 0 bridgehead atoms. The first-order valence-electron chi connectivity index (χ1n) is 9.70. The summed E-state index contributed by atoms with van der Waals surface area (Å²) in [5, 5.41) is 5.35. The molecule has 0 aromatic heterocycles. The lowest BCUT2D eigenvalue weighted by Gasteiger charge is -2.19. The van der Waals surface area contributed by atoms with Crippen LogP contribution in [-0.4, -0.2) is 17.7 Å². The Hall–Kier alpha value is -4.13. The largest absolute Gasteiger partial charge is 0.457 e. The molecule has 3 amide bonds. The number of primary amides is 1. The van der Waals surface area contributed by atoms with Gasteiger partial charge in [0, 0.05) is 11.3 Å². The molecular formula is C24H23N3O4. The van der Waals surface area contributed by atoms with Crippen LogP contribution in [-0.2, 0) is 4.79 Å². The third-order valence-corrected chi connectivity index (χ3v) is 4.50. The van der Waals surface area contributed by atoms with Crippen LogP contribution in [0.4, 0.5) is 10.5 Å². The molecule has 3 rings (SSSR count). The van der Waals surface area contributed by atoms with Crippen LogP contribution in [0.2, 0.25) is 0 Å². The average molecular weight is 417 g/mol. The van der Waals surface area contributed by atoms with Gasteiger partial charge in [0.2, 0.25) is 5.91 Å². The summed E-state index contributed by atoms with van der Waals surface area (Å²) in [6.45, 7) is 1.46. The van der Waals surface area contributed by atoms with Gasteiger partial charge in [0.15, 0.2) is 5.78 Å². The van der Waals surface area contributed by atoms with E-state index in [2.05, 4.69) is 10.6 Å². The molecule has 0 saturated carbocycles. The number of urea groups is 1. The van der Waals surface area contributed by atoms with Crippen molar-refractivity contribution < 1.29 is 19.1 Å². The zero-order chi connectivity index (χ0) is 22.2. The van der Waals surface area contributed by atoms with Crippen molar-refractivity contribution >= 4 is 23.4 Å². The highest BCUT2D eigenvalue weighted by atomic mass is 16.5. The second kappa shape index (κ2) is 10.1. The first kappa shape index (κ1) is 21.6. The third kappa shape index (κ3) is 6.43. The van der Waals surface area contributed by atoms with Gasteiger partial charge in [-0.1, -0.05) is 42.5 Å². The van der Waals surface area contributed by atoms with Crippen LogP contribution in [0.15, 0.2) is 78.9 Å². The Bertz CT molecular complexity index is 1080. The first-order valence-corrected chi connectivity index (χ1v) is 9.70. The highest BCUT2D eigenvalue weighted by molar-refractivity contribution is 5.97. The van der Waals surface area contributed by atoms with Crippen LogP contribution in [0, 0.1) is 0 Å². The molecule has 0 aliphatic carbocycles. The number of para-hydroxylation sites is 1. The van der Waals surface area contributed by atoms with Crippen molar-refractivity contribution in [2.45, 2.75) is 19.4 Å². The predicted molar refractivity (Wildman–Crippen MR) is 118 cm³/mol. The Morgan fingerprint density at radius 2 is 1.61 bits per heavy atom. The predicted octanol–water partition coefficient (Wildman–Crippen LogP) is 4.42. The van der Waals surface area contributed by atoms with Gasteiger partial charge in [-0.3, -0.25) is 9.59 Å². The van der Waals surface area contributed by atoms with Crippen molar-refractivity contribution in [3.8, 4) is 11.5 Å². The fourth-order valence-electron chi connectivity index (χ4n) is 3.06. The Labute approximate surface area is 180 Å². The van der Waals surface area contributed by atoms with E-state index in [9.17, 15) is 14.4 Å². The summed E-state index contributed by atoms with van der Waals surface area (Å²) in [6.07, 6.45) is -0.0535. The lowest BCUT2D eigenvalue weighted by molar-refractivity contribution is -0.116. The normalized spacial score (nSPS) is 11.3. The lowest BCUT2D eigenvalue weighted by Crippen LogP contribution is -2.35. The highest BCUT2D eigenvalue weighted by Crippen LogP contribution is 2.26. The quantitative estimate of drug-likeness (QED) is 0.471. The molecule has 0 radical (unpaired) electrons. The van der Waals surface area contributed by atoms with E-state index < -0.39 is 12.1 Å². The Kier molecular flexibility index (Phi) is 7.01. The molecule has 0 fully saturated rings. The number of nitrogens with one attached hydrogen (secondary N) is 2. The van der Waals surface area contributed by atoms with Gasteiger partial charge in [-0.05, 0) is 48.9 Å². The monoisotopic (exact) mass is 417 g/mol. The zero-order valence-electron chi connectivity index (χ0n) is 17.0. The minimum Gasteiger partial charge on any atom is -0.457 e. The molecule has 3 aromatic rings. The summed E-state index contributed by atoms with van der Waals surface area (Å²) >= 11 is 0. The zero-order valence-corrected chi connectivity index (χ0v) is 17.0. The number of ether oxygens (including phenoxy) is 1. The molecule has 158 valence electrons. The van der Waals surface area contributed by atoms with E-state index >= 15 is 0 Å². The summed E-state index contributed by atoms with van der Waals surface area (Å²) in [4.78, 5) is 35.7. The minimum atomic E-state index is -0.745. The fourth-order valence-corrected chi connectivity index (χ4v) is 3.06. The van der Waals surface area contributed by atoms with Gasteiger partial charge >= 0.3 is 6.03 Å². The van der Waals surface area contributed by atoms with Gasteiger partial charge in [0.05, 0.1) is 12.5 Å². The molecule has 7 heteroatoms. The van der Waals surface area contributed by atoms with E-state index in [1.807, 2.05) is 30.3 Å². The van der Waals surface area contributed by atoms with Gasteiger partial charge in [-0.2, -0.15) is 0 Å². The maximum absolute atomic E-state index is 12.6. The van der Waals surface area contributed by atoms with Crippen molar-refractivity contribution in [1.29, 1.82) is 0 Å². The molecule has 3 aromatic carbocycles. The van der Waals surface area contributed by atoms with Crippen LogP contribution in [0.1, 0.15) is 35.3 Å². The van der Waals surface area contributed by atoms with Crippen LogP contribution < -0.4 is 21.1 Å². The van der Waals surface area contributed by atoms with Gasteiger partial charge in [0.1, 0.15) is 11.5 Å². The van der Waals surface area contributed by atoms with Crippen LogP contribution in [0.25, 0.3) is 0 Å². The number of rotatable bonds is 8. The molecule has 4 N–H and O–H groups in total. The molecule has 0 aliphatic rings. The number of ketones is 1. The van der Waals surface area contributed by atoms with Crippen molar-refractivity contribution in [3.63, 3.8) is 0 Å². The van der Waals surface area contributed by atoms with Gasteiger partial charge in [0.25, 0.3) is 0 Å². The van der Waals surface area contributed by atoms with E-state index in [1.165, 1.54) is 6.92 Å². The van der Waals surface area contributed by atoms with E-state index in [4.69, 9.17) is 10.5 Å². The van der Waals surface area contributed by atoms with Gasteiger partial charge < -0.3 is 21.1 Å². The van der Waals surface area contributed by atoms with Gasteiger partial charge in [-0.25, -0.2) is 4.79 Å². The van der Waals surface area contributed by atoms with Crippen LogP contribution in [0.5, 0.6) is 11.5 Å². The topological polar surface area (TPSA) is 111 Å². The van der Waals surface area contributed by atoms with Crippen molar-refractivity contribution in [3.05, 3.63) is 90.0 Å². The highest BCUT2D eigenvalue weighted by Gasteiger charge is 2.18. The number of carbonyl (C=O) groups excluding carboxylic acids is 3. The molecule has 0 saturated heterocycles. The summed E-state index contributed by atoms with van der Waals surface area (Å²) < 4.78 is 5.83. The minimum absolute atomic E-state index is 0.0535. The number of anilines is 1. The Morgan fingerprint density at radius 3 is 2.32 bits per heavy atom. The number of hydrogen-bond acceptors (Lipinski definition) is 4. The first-order chi connectivity index (χ1) is 14.9. The third-order valence-electron chi connectivity index (χ3n) is 4.50. The maximum atomic E-state index is 12.6. The standard InChI is InChI=1S/C24H23N3O4/c1-16(28)17-7-5-9-19(13-17)26-23(29)15-22(27-24(25)30)18-8-6-12-21(14-18)31-20-10-3-2-4-11-20/h2-14,22H,15H2,1H3,(H,26,29)(H3,25,27,30)/t22-/m1/s1. The summed E-state index contributed by atoms with van der Waals surface area (Å²) in [6, 6.07) is 21.6. The molecule has 0 aliphatic heterocycles. The van der Waals surface area contributed by atoms with E-state index in [0.717, 1.165) is 0 Å². The van der Waals surface area contributed by atoms with E-state index in [0.29, 0.717) is 28.3 Å². The number of benzene rings is 3. The van der Waals surface area contributed by atoms with Gasteiger partial charge in [-0.15, -0.1) is 0 Å². The Morgan fingerprint density at radius 1 is 0.903 bits per heavy atom. The second-order valence-corrected chi connectivity index (χ2v) is 6.94. The molecule has 1 atom stereocenters. The van der Waals surface area contributed by atoms with Crippen molar-refractivity contribution in [1.82, 2.24) is 5.32 Å². The Balaban J connectivity index is 1.75. The number of carbonyl (C=O) groups is 3. The SMILES string of the molecule is CC(=O)c1cccc(NC(=O)C[C@@H](NC(N)=O)c2cccc(Oc3ccccc3)c2)c1. The van der Waals surface area contributed by atoms with E-state index in [1.54, 1.807) is 48.5 Å². The summed E-state index contributed by atoms with van der Waals surface area (Å²) in [5.41, 5.74) is 6.98. The van der Waals surface area contributed by atoms with Crippen molar-refractivity contribution in [2.24, 2.45) is 5.73 Å². The summed E-state index contributed by atoms with van der Waals surface area (Å²) in [5.74, 6) is 0.796. The molecule has 0 heterocycles. The smallest absolute Gasteiger partial charge is 0.312 e. The second-order valence-electron chi connectivity index (χ2n) is 6.94. The number of hydrogen-bond donors (Lipinski definition) is 3. The molecular weight excluding hydrogens is 394 g/mol. The van der Waals surface area contributed by atoms with Crippen molar-refractivity contribution in [2.75, 3.05) is 5.32 Å². The summed E-state index contributed by atoms with van der Waals surface area (Å²) in [7, 11) is 0. The van der Waals surface area contributed by atoms with E-state index in [-0.39, 0.29) is 18.1 Å². The molecule has 0 spiro atoms. The molecule has 0 unspecified atom stereocenters. The average Bonchev–Trinajstić information content (AvgIpc) is 2.74. The lowest BCUT2D eigenvalue weighted by atomic mass is 10.0. The molecule has 7 nitrogen and oxygen atoms in total. The van der Waals surface area contributed by atoms with Crippen LogP contribution in [0.3, 0.4) is 0 Å².